The summed E-state index contributed by atoms with van der Waals surface area (Å²) in [5, 5.41) is 0. The molecule has 0 bridgehead atoms. The number of rotatable bonds is 4. The highest BCUT2D eigenvalue weighted by Crippen LogP contribution is 2.02. The van der Waals surface area contributed by atoms with E-state index in [1.807, 2.05) is 25.1 Å². The Kier molecular flexibility index (Phi) is 4.54. The van der Waals surface area contributed by atoms with E-state index in [-0.39, 0.29) is 5.97 Å². The summed E-state index contributed by atoms with van der Waals surface area (Å²) in [5.74, 6) is -0.200. The van der Waals surface area contributed by atoms with Crippen molar-refractivity contribution in [3.05, 3.63) is 35.7 Å². The van der Waals surface area contributed by atoms with Gasteiger partial charge in [-0.1, -0.05) is 18.2 Å². The Hall–Kier alpha value is -1.64. The first-order valence-corrected chi connectivity index (χ1v) is 4.97. The predicted octanol–water partition coefficient (Wildman–Crippen LogP) is 2.36. The molecule has 1 heterocycles. The van der Waals surface area contributed by atoms with Crippen molar-refractivity contribution in [3.8, 4) is 0 Å². The van der Waals surface area contributed by atoms with Gasteiger partial charge in [0.15, 0.2) is 0 Å². The summed E-state index contributed by atoms with van der Waals surface area (Å²) < 4.78 is 4.79. The van der Waals surface area contributed by atoms with Gasteiger partial charge in [-0.05, 0) is 25.5 Å². The second kappa shape index (κ2) is 5.96. The van der Waals surface area contributed by atoms with Crippen LogP contribution in [0, 0.1) is 6.92 Å². The monoisotopic (exact) mass is 205 g/mol. The van der Waals surface area contributed by atoms with Gasteiger partial charge in [-0.15, -0.1) is 0 Å². The number of aryl methyl sites for hydroxylation is 1. The molecule has 0 saturated carbocycles. The van der Waals surface area contributed by atoms with Crippen LogP contribution in [0.5, 0.6) is 0 Å². The minimum Gasteiger partial charge on any atom is -0.466 e. The number of aromatic nitrogens is 1. The molecule has 1 rings (SSSR count). The van der Waals surface area contributed by atoms with Crippen LogP contribution >= 0.6 is 0 Å². The summed E-state index contributed by atoms with van der Waals surface area (Å²) in [6.45, 7) is 4.16. The summed E-state index contributed by atoms with van der Waals surface area (Å²) in [5.41, 5.74) is 1.97. The van der Waals surface area contributed by atoms with Gasteiger partial charge in [0.2, 0.25) is 0 Å². The Labute approximate surface area is 89.8 Å². The Morgan fingerprint density at radius 3 is 2.93 bits per heavy atom. The van der Waals surface area contributed by atoms with Gasteiger partial charge in [-0.25, -0.2) is 0 Å². The van der Waals surface area contributed by atoms with E-state index in [1.165, 1.54) is 0 Å². The van der Waals surface area contributed by atoms with E-state index >= 15 is 0 Å². The molecule has 3 heteroatoms. The Bertz CT molecular complexity index is 341. The molecule has 3 nitrogen and oxygen atoms in total. The Morgan fingerprint density at radius 2 is 2.33 bits per heavy atom. The fraction of sp³-hybridized carbons (Fsp3) is 0.333. The van der Waals surface area contributed by atoms with Crippen molar-refractivity contribution in [1.29, 1.82) is 0 Å². The van der Waals surface area contributed by atoms with Gasteiger partial charge in [0, 0.05) is 11.9 Å². The number of esters is 1. The van der Waals surface area contributed by atoms with Crippen LogP contribution in [0.3, 0.4) is 0 Å². The number of ether oxygens (including phenoxy) is 1. The normalized spacial score (nSPS) is 10.5. The lowest BCUT2D eigenvalue weighted by Crippen LogP contribution is -2.01. The van der Waals surface area contributed by atoms with E-state index < -0.39 is 0 Å². The van der Waals surface area contributed by atoms with Gasteiger partial charge in [0.25, 0.3) is 0 Å². The summed E-state index contributed by atoms with van der Waals surface area (Å²) in [6.07, 6.45) is 5.73. The maximum absolute atomic E-state index is 11.0. The highest BCUT2D eigenvalue weighted by atomic mass is 16.5. The molecule has 1 aromatic heterocycles. The third-order valence-corrected chi connectivity index (χ3v) is 1.83. The van der Waals surface area contributed by atoms with Crippen LogP contribution in [0.4, 0.5) is 0 Å². The maximum atomic E-state index is 11.0. The standard InChI is InChI=1S/C12H15NO2/c1-3-15-12(14)6-4-5-11-8-7-10(2)13-9-11/h4-5,7-9H,3,6H2,1-2H3. The molecule has 0 amide bonds. The first-order valence-electron chi connectivity index (χ1n) is 4.97. The van der Waals surface area contributed by atoms with Gasteiger partial charge in [-0.3, -0.25) is 9.78 Å². The fourth-order valence-electron chi connectivity index (χ4n) is 1.09. The molecule has 1 aromatic rings. The van der Waals surface area contributed by atoms with E-state index in [9.17, 15) is 4.79 Å². The van der Waals surface area contributed by atoms with Crippen molar-refractivity contribution in [2.24, 2.45) is 0 Å². The molecule has 0 N–H and O–H groups in total. The Balaban J connectivity index is 2.44. The van der Waals surface area contributed by atoms with Crippen LogP contribution in [-0.2, 0) is 9.53 Å². The maximum Gasteiger partial charge on any atom is 0.309 e. The fourth-order valence-corrected chi connectivity index (χ4v) is 1.09. The van der Waals surface area contributed by atoms with E-state index in [2.05, 4.69) is 4.98 Å². The lowest BCUT2D eigenvalue weighted by molar-refractivity contribution is -0.142. The van der Waals surface area contributed by atoms with Crippen molar-refractivity contribution < 1.29 is 9.53 Å². The molecule has 80 valence electrons. The summed E-state index contributed by atoms with van der Waals surface area (Å²) >= 11 is 0. The van der Waals surface area contributed by atoms with E-state index in [1.54, 1.807) is 19.2 Å². The molecular weight excluding hydrogens is 190 g/mol. The van der Waals surface area contributed by atoms with Crippen LogP contribution in [0.1, 0.15) is 24.6 Å². The molecular formula is C12H15NO2. The van der Waals surface area contributed by atoms with Crippen molar-refractivity contribution in [1.82, 2.24) is 4.98 Å². The first kappa shape index (κ1) is 11.4. The van der Waals surface area contributed by atoms with Crippen LogP contribution in [0.2, 0.25) is 0 Å². The molecule has 0 unspecified atom stereocenters. The average Bonchev–Trinajstić information content (AvgIpc) is 2.21. The lowest BCUT2D eigenvalue weighted by atomic mass is 10.2. The van der Waals surface area contributed by atoms with Crippen molar-refractivity contribution >= 4 is 12.0 Å². The molecule has 0 spiro atoms. The van der Waals surface area contributed by atoms with Gasteiger partial charge in [0.05, 0.1) is 13.0 Å². The zero-order valence-electron chi connectivity index (χ0n) is 9.06. The third-order valence-electron chi connectivity index (χ3n) is 1.83. The molecule has 0 aliphatic heterocycles. The third kappa shape index (κ3) is 4.40. The smallest absolute Gasteiger partial charge is 0.309 e. The zero-order valence-corrected chi connectivity index (χ0v) is 9.06. The predicted molar refractivity (Wildman–Crippen MR) is 59.3 cm³/mol. The highest BCUT2D eigenvalue weighted by Gasteiger charge is 1.96. The van der Waals surface area contributed by atoms with Crippen LogP contribution in [0.25, 0.3) is 6.08 Å². The lowest BCUT2D eigenvalue weighted by Gasteiger charge is -1.97. The van der Waals surface area contributed by atoms with E-state index in [0.717, 1.165) is 11.3 Å². The number of hydrogen-bond donors (Lipinski definition) is 0. The van der Waals surface area contributed by atoms with Crippen molar-refractivity contribution in [2.75, 3.05) is 6.61 Å². The van der Waals surface area contributed by atoms with Gasteiger partial charge in [-0.2, -0.15) is 0 Å². The summed E-state index contributed by atoms with van der Waals surface area (Å²) in [4.78, 5) is 15.1. The van der Waals surface area contributed by atoms with Crippen molar-refractivity contribution in [3.63, 3.8) is 0 Å². The van der Waals surface area contributed by atoms with Crippen molar-refractivity contribution in [2.45, 2.75) is 20.3 Å². The molecule has 0 aromatic carbocycles. The Morgan fingerprint density at radius 1 is 1.53 bits per heavy atom. The van der Waals surface area contributed by atoms with Crippen LogP contribution in [0.15, 0.2) is 24.4 Å². The molecule has 0 fully saturated rings. The minimum absolute atomic E-state index is 0.200. The summed E-state index contributed by atoms with van der Waals surface area (Å²) in [6, 6.07) is 3.90. The number of nitrogens with zero attached hydrogens (tertiary/aromatic N) is 1. The zero-order chi connectivity index (χ0) is 11.1. The SMILES string of the molecule is CCOC(=O)CC=Cc1ccc(C)nc1. The minimum atomic E-state index is -0.200. The van der Waals surface area contributed by atoms with Gasteiger partial charge < -0.3 is 4.74 Å². The van der Waals surface area contributed by atoms with Crippen LogP contribution in [-0.4, -0.2) is 17.6 Å². The molecule has 0 aliphatic rings. The average molecular weight is 205 g/mol. The molecule has 0 atom stereocenters. The number of carbonyl (C=O) groups is 1. The topological polar surface area (TPSA) is 39.2 Å². The molecule has 0 saturated heterocycles. The second-order valence-electron chi connectivity index (χ2n) is 3.14. The number of hydrogen-bond acceptors (Lipinski definition) is 3. The second-order valence-corrected chi connectivity index (χ2v) is 3.14. The molecule has 0 aliphatic carbocycles. The number of pyridine rings is 1. The largest absolute Gasteiger partial charge is 0.466 e. The van der Waals surface area contributed by atoms with E-state index in [4.69, 9.17) is 4.74 Å². The molecule has 15 heavy (non-hydrogen) atoms. The first-order chi connectivity index (χ1) is 7.22. The highest BCUT2D eigenvalue weighted by molar-refractivity contribution is 5.72. The summed E-state index contributed by atoms with van der Waals surface area (Å²) in [7, 11) is 0. The van der Waals surface area contributed by atoms with Gasteiger partial charge >= 0.3 is 5.97 Å². The quantitative estimate of drug-likeness (QED) is 0.708. The number of carbonyl (C=O) groups excluding carboxylic acids is 1. The van der Waals surface area contributed by atoms with E-state index in [0.29, 0.717) is 13.0 Å². The van der Waals surface area contributed by atoms with Crippen LogP contribution < -0.4 is 0 Å². The van der Waals surface area contributed by atoms with Gasteiger partial charge in [0.1, 0.15) is 0 Å². The molecule has 0 radical (unpaired) electrons.